The maximum absolute atomic E-state index is 12.2. The van der Waals surface area contributed by atoms with Gasteiger partial charge < -0.3 is 14.1 Å². The van der Waals surface area contributed by atoms with E-state index in [0.29, 0.717) is 33.7 Å². The van der Waals surface area contributed by atoms with Crippen LogP contribution in [0.4, 0.5) is 0 Å². The van der Waals surface area contributed by atoms with Crippen molar-refractivity contribution in [3.05, 3.63) is 88.0 Å². The summed E-state index contributed by atoms with van der Waals surface area (Å²) in [5.74, 6) is -0.316. The second-order valence-corrected chi connectivity index (χ2v) is 6.72. The Balaban J connectivity index is 1.42. The van der Waals surface area contributed by atoms with Crippen LogP contribution in [0.1, 0.15) is 32.2 Å². The Morgan fingerprint density at radius 1 is 1.04 bits per heavy atom. The predicted molar refractivity (Wildman–Crippen MR) is 101 cm³/mol. The SMILES string of the molecule is O=C(OCc1nc2ccc(Br)cc2o1)c1ccc(C(=O)c2cc[nH]c2)cc1. The van der Waals surface area contributed by atoms with Gasteiger partial charge in [-0.2, -0.15) is 0 Å². The highest BCUT2D eigenvalue weighted by Gasteiger charge is 2.13. The Morgan fingerprint density at radius 3 is 2.56 bits per heavy atom. The molecule has 4 aromatic rings. The van der Waals surface area contributed by atoms with Gasteiger partial charge >= 0.3 is 5.97 Å². The Hall–Kier alpha value is -3.19. The monoisotopic (exact) mass is 424 g/mol. The van der Waals surface area contributed by atoms with Crippen LogP contribution in [0.3, 0.4) is 0 Å². The molecule has 0 atom stereocenters. The second kappa shape index (κ2) is 7.20. The zero-order valence-electron chi connectivity index (χ0n) is 13.9. The van der Waals surface area contributed by atoms with Crippen LogP contribution in [0.25, 0.3) is 11.1 Å². The number of rotatable bonds is 5. The van der Waals surface area contributed by atoms with Crippen molar-refractivity contribution < 1.29 is 18.7 Å². The number of aromatic amines is 1. The van der Waals surface area contributed by atoms with E-state index in [1.807, 2.05) is 12.1 Å². The van der Waals surface area contributed by atoms with E-state index in [1.165, 1.54) is 0 Å². The van der Waals surface area contributed by atoms with E-state index in [9.17, 15) is 9.59 Å². The minimum absolute atomic E-state index is 0.0742. The van der Waals surface area contributed by atoms with Gasteiger partial charge in [0, 0.05) is 28.0 Å². The molecule has 0 bridgehead atoms. The fourth-order valence-corrected chi connectivity index (χ4v) is 2.95. The van der Waals surface area contributed by atoms with Gasteiger partial charge in [-0.3, -0.25) is 4.79 Å². The molecule has 2 aromatic heterocycles. The quantitative estimate of drug-likeness (QED) is 0.376. The lowest BCUT2D eigenvalue weighted by Crippen LogP contribution is -2.06. The van der Waals surface area contributed by atoms with Gasteiger partial charge in [-0.1, -0.05) is 28.1 Å². The number of H-pyrrole nitrogens is 1. The smallest absolute Gasteiger partial charge is 0.338 e. The third-order valence-electron chi connectivity index (χ3n) is 3.96. The number of ketones is 1. The zero-order chi connectivity index (χ0) is 18.8. The molecule has 0 amide bonds. The van der Waals surface area contributed by atoms with Crippen molar-refractivity contribution in [1.82, 2.24) is 9.97 Å². The van der Waals surface area contributed by atoms with Crippen LogP contribution < -0.4 is 0 Å². The molecule has 0 fully saturated rings. The van der Waals surface area contributed by atoms with E-state index >= 15 is 0 Å². The van der Waals surface area contributed by atoms with Crippen molar-refractivity contribution in [2.24, 2.45) is 0 Å². The molecule has 0 aliphatic rings. The first kappa shape index (κ1) is 17.2. The van der Waals surface area contributed by atoms with E-state index < -0.39 is 5.97 Å². The number of carbonyl (C=O) groups excluding carboxylic acids is 2. The van der Waals surface area contributed by atoms with Crippen molar-refractivity contribution in [3.8, 4) is 0 Å². The number of aromatic nitrogens is 2. The van der Waals surface area contributed by atoms with Gasteiger partial charge in [-0.15, -0.1) is 0 Å². The molecule has 0 aliphatic heterocycles. The summed E-state index contributed by atoms with van der Waals surface area (Å²) in [7, 11) is 0. The number of hydrogen-bond acceptors (Lipinski definition) is 5. The molecular formula is C20H13BrN2O4. The third-order valence-corrected chi connectivity index (χ3v) is 4.46. The van der Waals surface area contributed by atoms with Crippen LogP contribution in [0.2, 0.25) is 0 Å². The van der Waals surface area contributed by atoms with Gasteiger partial charge in [0.25, 0.3) is 0 Å². The number of nitrogens with one attached hydrogen (secondary N) is 1. The fraction of sp³-hybridized carbons (Fsp3) is 0.0500. The van der Waals surface area contributed by atoms with Crippen molar-refractivity contribution in [2.75, 3.05) is 0 Å². The Bertz CT molecular complexity index is 1110. The summed E-state index contributed by atoms with van der Waals surface area (Å²) in [5, 5.41) is 0. The van der Waals surface area contributed by atoms with Crippen LogP contribution in [-0.2, 0) is 11.3 Å². The highest BCUT2D eigenvalue weighted by atomic mass is 79.9. The van der Waals surface area contributed by atoms with E-state index in [-0.39, 0.29) is 12.4 Å². The van der Waals surface area contributed by atoms with Gasteiger partial charge in [-0.25, -0.2) is 9.78 Å². The average molecular weight is 425 g/mol. The molecule has 2 heterocycles. The van der Waals surface area contributed by atoms with Gasteiger partial charge in [0.1, 0.15) is 5.52 Å². The lowest BCUT2D eigenvalue weighted by atomic mass is 10.0. The summed E-state index contributed by atoms with van der Waals surface area (Å²) >= 11 is 3.36. The normalized spacial score (nSPS) is 10.9. The molecular weight excluding hydrogens is 412 g/mol. The molecule has 4 rings (SSSR count). The van der Waals surface area contributed by atoms with Crippen LogP contribution in [0, 0.1) is 0 Å². The van der Waals surface area contributed by atoms with Crippen molar-refractivity contribution >= 4 is 38.8 Å². The van der Waals surface area contributed by atoms with Crippen molar-refractivity contribution in [1.29, 1.82) is 0 Å². The summed E-state index contributed by atoms with van der Waals surface area (Å²) in [6, 6.07) is 13.5. The maximum atomic E-state index is 12.2. The summed E-state index contributed by atoms with van der Waals surface area (Å²) in [6.45, 7) is -0.0742. The highest BCUT2D eigenvalue weighted by Crippen LogP contribution is 2.21. The van der Waals surface area contributed by atoms with E-state index in [1.54, 1.807) is 48.8 Å². The lowest BCUT2D eigenvalue weighted by Gasteiger charge is -2.03. The molecule has 1 N–H and O–H groups in total. The lowest BCUT2D eigenvalue weighted by molar-refractivity contribution is 0.0440. The third kappa shape index (κ3) is 3.68. The summed E-state index contributed by atoms with van der Waals surface area (Å²) in [5.41, 5.74) is 2.71. The molecule has 27 heavy (non-hydrogen) atoms. The predicted octanol–water partition coefficient (Wildman–Crippen LogP) is 4.51. The van der Waals surface area contributed by atoms with E-state index in [4.69, 9.17) is 9.15 Å². The molecule has 0 radical (unpaired) electrons. The summed E-state index contributed by atoms with van der Waals surface area (Å²) in [4.78, 5) is 31.6. The van der Waals surface area contributed by atoms with E-state index in [0.717, 1.165) is 4.47 Å². The molecule has 0 spiro atoms. The molecule has 7 heteroatoms. The highest BCUT2D eigenvalue weighted by molar-refractivity contribution is 9.10. The number of esters is 1. The number of carbonyl (C=O) groups is 2. The van der Waals surface area contributed by atoms with Crippen LogP contribution >= 0.6 is 15.9 Å². The average Bonchev–Trinajstić information content (AvgIpc) is 3.35. The van der Waals surface area contributed by atoms with Gasteiger partial charge in [0.05, 0.1) is 5.56 Å². The standard InChI is InChI=1S/C20H13BrN2O4/c21-15-5-6-16-17(9-15)27-18(23-16)11-26-20(25)13-3-1-12(2-4-13)19(24)14-7-8-22-10-14/h1-10,22H,11H2. The first-order valence-corrected chi connectivity index (χ1v) is 8.89. The van der Waals surface area contributed by atoms with E-state index in [2.05, 4.69) is 25.9 Å². The largest absolute Gasteiger partial charge is 0.452 e. The first-order chi connectivity index (χ1) is 13.1. The maximum Gasteiger partial charge on any atom is 0.338 e. The number of benzene rings is 2. The molecule has 0 saturated heterocycles. The fourth-order valence-electron chi connectivity index (χ4n) is 2.61. The number of ether oxygens (including phenoxy) is 1. The molecule has 0 unspecified atom stereocenters. The number of halogens is 1. The first-order valence-electron chi connectivity index (χ1n) is 8.10. The molecule has 134 valence electrons. The number of fused-ring (bicyclic) bond motifs is 1. The van der Waals surface area contributed by atoms with Crippen LogP contribution in [-0.4, -0.2) is 21.7 Å². The Morgan fingerprint density at radius 2 is 1.81 bits per heavy atom. The zero-order valence-corrected chi connectivity index (χ0v) is 15.5. The molecule has 0 aliphatic carbocycles. The summed E-state index contributed by atoms with van der Waals surface area (Å²) in [6.07, 6.45) is 3.31. The topological polar surface area (TPSA) is 85.2 Å². The Kier molecular flexibility index (Phi) is 4.60. The van der Waals surface area contributed by atoms with Crippen LogP contribution in [0.15, 0.2) is 69.8 Å². The minimum Gasteiger partial charge on any atom is -0.452 e. The second-order valence-electron chi connectivity index (χ2n) is 5.80. The van der Waals surface area contributed by atoms with Gasteiger partial charge in [0.15, 0.2) is 18.0 Å². The molecule has 6 nitrogen and oxygen atoms in total. The summed E-state index contributed by atoms with van der Waals surface area (Å²) < 4.78 is 11.7. The van der Waals surface area contributed by atoms with Crippen molar-refractivity contribution in [2.45, 2.75) is 6.61 Å². The number of nitrogens with zero attached hydrogens (tertiary/aromatic N) is 1. The Labute approximate surface area is 162 Å². The van der Waals surface area contributed by atoms with Gasteiger partial charge in [-0.05, 0) is 36.4 Å². The van der Waals surface area contributed by atoms with Crippen molar-refractivity contribution in [3.63, 3.8) is 0 Å². The number of oxazole rings is 1. The molecule has 2 aromatic carbocycles. The van der Waals surface area contributed by atoms with Gasteiger partial charge in [0.2, 0.25) is 5.89 Å². The number of hydrogen-bond donors (Lipinski definition) is 1. The minimum atomic E-state index is -0.515. The molecule has 0 saturated carbocycles. The van der Waals surface area contributed by atoms with Crippen LogP contribution in [0.5, 0.6) is 0 Å².